The molecule has 0 radical (unpaired) electrons. The molecule has 3 aromatic carbocycles. The number of aryl methyl sites for hydroxylation is 1. The van der Waals surface area contributed by atoms with Crippen molar-refractivity contribution in [2.24, 2.45) is 0 Å². The summed E-state index contributed by atoms with van der Waals surface area (Å²) in [6.45, 7) is 1.99. The minimum absolute atomic E-state index is 0.607. The molecular weight excluding hydrogens is 320 g/mol. The Balaban J connectivity index is 1.94. The van der Waals surface area contributed by atoms with Gasteiger partial charge in [0.2, 0.25) is 5.60 Å². The van der Waals surface area contributed by atoms with Crippen LogP contribution in [0.5, 0.6) is 5.75 Å². The first-order valence-electron chi connectivity index (χ1n) is 8.27. The van der Waals surface area contributed by atoms with Crippen molar-refractivity contribution < 1.29 is 9.84 Å². The fourth-order valence-electron chi connectivity index (χ4n) is 2.30. The van der Waals surface area contributed by atoms with E-state index in [9.17, 15) is 5.11 Å². The van der Waals surface area contributed by atoms with Gasteiger partial charge in [0.1, 0.15) is 11.9 Å². The predicted molar refractivity (Wildman–Crippen MR) is 103 cm³/mol. The molecule has 0 aliphatic carbocycles. The molecule has 0 spiro atoms. The smallest absolute Gasteiger partial charge is 0.217 e. The third kappa shape index (κ3) is 4.54. The van der Waals surface area contributed by atoms with E-state index in [0.29, 0.717) is 11.3 Å². The molecule has 0 fully saturated rings. The third-order valence-corrected chi connectivity index (χ3v) is 3.77. The lowest BCUT2D eigenvalue weighted by Gasteiger charge is -2.16. The van der Waals surface area contributed by atoms with Crippen molar-refractivity contribution in [2.45, 2.75) is 12.5 Å². The first kappa shape index (κ1) is 17.4. The molecule has 0 aliphatic rings. The molecule has 0 aromatic heterocycles. The number of ether oxygens (including phenoxy) is 1. The highest BCUT2D eigenvalue weighted by molar-refractivity contribution is 5.46. The van der Waals surface area contributed by atoms with Crippen molar-refractivity contribution in [1.29, 1.82) is 0 Å². The quantitative estimate of drug-likeness (QED) is 0.707. The minimum atomic E-state index is -1.63. The van der Waals surface area contributed by atoms with Crippen molar-refractivity contribution in [2.75, 3.05) is 0 Å². The molecule has 0 aliphatic heterocycles. The Morgan fingerprint density at radius 2 is 1.38 bits per heavy atom. The molecule has 1 N–H and O–H groups in total. The Labute approximate surface area is 154 Å². The van der Waals surface area contributed by atoms with Gasteiger partial charge in [-0.25, -0.2) is 0 Å². The highest BCUT2D eigenvalue weighted by Gasteiger charge is 2.24. The number of hydrogen-bond donors (Lipinski definition) is 1. The predicted octanol–water partition coefficient (Wildman–Crippen LogP) is 4.27. The third-order valence-electron chi connectivity index (χ3n) is 3.77. The molecular formula is C24H18O2. The highest BCUT2D eigenvalue weighted by Crippen LogP contribution is 2.21. The van der Waals surface area contributed by atoms with Crippen LogP contribution in [0.3, 0.4) is 0 Å². The van der Waals surface area contributed by atoms with Crippen molar-refractivity contribution in [3.05, 3.63) is 102 Å². The number of hydrogen-bond acceptors (Lipinski definition) is 2. The van der Waals surface area contributed by atoms with Crippen LogP contribution in [0, 0.1) is 30.8 Å². The van der Waals surface area contributed by atoms with Crippen molar-refractivity contribution in [3.63, 3.8) is 0 Å². The van der Waals surface area contributed by atoms with E-state index in [2.05, 4.69) is 23.9 Å². The van der Waals surface area contributed by atoms with Gasteiger partial charge in [-0.2, -0.15) is 0 Å². The van der Waals surface area contributed by atoms with Gasteiger partial charge in [-0.15, -0.1) is 0 Å². The maximum absolute atomic E-state index is 11.1. The Bertz CT molecular complexity index is 969. The number of para-hydroxylation sites is 1. The normalized spacial score (nSPS) is 11.9. The molecule has 0 saturated heterocycles. The number of benzene rings is 3. The molecule has 0 amide bonds. The highest BCUT2D eigenvalue weighted by atomic mass is 16.5. The lowest BCUT2D eigenvalue weighted by atomic mass is 9.94. The van der Waals surface area contributed by atoms with Gasteiger partial charge in [-0.05, 0) is 43.0 Å². The Morgan fingerprint density at radius 1 is 0.769 bits per heavy atom. The summed E-state index contributed by atoms with van der Waals surface area (Å²) in [4.78, 5) is 0. The van der Waals surface area contributed by atoms with Crippen LogP contribution in [0.25, 0.3) is 0 Å². The summed E-state index contributed by atoms with van der Waals surface area (Å²) in [6.07, 6.45) is 2.59. The average molecular weight is 338 g/mol. The summed E-state index contributed by atoms with van der Waals surface area (Å²) in [7, 11) is 0. The largest absolute Gasteiger partial charge is 0.407 e. The van der Waals surface area contributed by atoms with E-state index < -0.39 is 5.60 Å². The number of rotatable bonds is 2. The second kappa shape index (κ2) is 8.08. The van der Waals surface area contributed by atoms with Crippen LogP contribution < -0.4 is 4.74 Å². The van der Waals surface area contributed by atoms with Gasteiger partial charge >= 0.3 is 0 Å². The molecule has 3 aromatic rings. The van der Waals surface area contributed by atoms with E-state index in [4.69, 9.17) is 4.74 Å². The Hall–Kier alpha value is -3.46. The molecule has 2 heteroatoms. The van der Waals surface area contributed by atoms with Crippen LogP contribution >= 0.6 is 0 Å². The van der Waals surface area contributed by atoms with Crippen LogP contribution in [0.15, 0.2) is 84.9 Å². The summed E-state index contributed by atoms with van der Waals surface area (Å²) in [5, 5.41) is 11.1. The maximum atomic E-state index is 11.1. The topological polar surface area (TPSA) is 29.5 Å². The van der Waals surface area contributed by atoms with Gasteiger partial charge in [0.25, 0.3) is 0 Å². The van der Waals surface area contributed by atoms with Gasteiger partial charge in [0.15, 0.2) is 0 Å². The van der Waals surface area contributed by atoms with E-state index in [1.807, 2.05) is 79.7 Å². The van der Waals surface area contributed by atoms with Crippen molar-refractivity contribution in [1.82, 2.24) is 0 Å². The van der Waals surface area contributed by atoms with E-state index in [1.165, 1.54) is 0 Å². The van der Waals surface area contributed by atoms with E-state index >= 15 is 0 Å². The summed E-state index contributed by atoms with van der Waals surface area (Å²) in [6, 6.07) is 26.2. The first-order valence-corrected chi connectivity index (χ1v) is 8.27. The molecule has 0 heterocycles. The zero-order valence-electron chi connectivity index (χ0n) is 14.4. The minimum Gasteiger partial charge on any atom is -0.407 e. The van der Waals surface area contributed by atoms with Crippen LogP contribution in [0.4, 0.5) is 0 Å². The Morgan fingerprint density at radius 3 is 2.04 bits per heavy atom. The Kier molecular flexibility index (Phi) is 5.40. The molecule has 0 bridgehead atoms. The second-order valence-corrected chi connectivity index (χ2v) is 5.83. The molecule has 3 rings (SSSR count). The SMILES string of the molecule is Cc1ccc(C(O)(C#COc2ccccc2)C#Cc2ccccc2)cc1. The van der Waals surface area contributed by atoms with Gasteiger partial charge < -0.3 is 9.84 Å². The molecule has 1 atom stereocenters. The van der Waals surface area contributed by atoms with E-state index in [-0.39, 0.29) is 0 Å². The fourth-order valence-corrected chi connectivity index (χ4v) is 2.30. The van der Waals surface area contributed by atoms with Crippen LogP contribution in [0.2, 0.25) is 0 Å². The average Bonchev–Trinajstić information content (AvgIpc) is 2.69. The molecule has 2 nitrogen and oxygen atoms in total. The van der Waals surface area contributed by atoms with Crippen LogP contribution in [-0.4, -0.2) is 5.11 Å². The van der Waals surface area contributed by atoms with Gasteiger partial charge in [-0.1, -0.05) is 72.1 Å². The van der Waals surface area contributed by atoms with E-state index in [1.54, 1.807) is 12.1 Å². The summed E-state index contributed by atoms with van der Waals surface area (Å²) < 4.78 is 5.41. The van der Waals surface area contributed by atoms with E-state index in [0.717, 1.165) is 11.1 Å². The summed E-state index contributed by atoms with van der Waals surface area (Å²) in [5.74, 6) is 9.25. The zero-order chi connectivity index (χ0) is 18.2. The molecule has 0 saturated carbocycles. The lowest BCUT2D eigenvalue weighted by Crippen LogP contribution is -2.21. The second-order valence-electron chi connectivity index (χ2n) is 5.83. The van der Waals surface area contributed by atoms with Crippen molar-refractivity contribution >= 4 is 0 Å². The fraction of sp³-hybridized carbons (Fsp3) is 0.0833. The lowest BCUT2D eigenvalue weighted by molar-refractivity contribution is 0.164. The van der Waals surface area contributed by atoms with Gasteiger partial charge in [-0.3, -0.25) is 0 Å². The van der Waals surface area contributed by atoms with Crippen LogP contribution in [-0.2, 0) is 5.60 Å². The van der Waals surface area contributed by atoms with Gasteiger partial charge in [0.05, 0.1) is 0 Å². The van der Waals surface area contributed by atoms with Crippen LogP contribution in [0.1, 0.15) is 16.7 Å². The standard InChI is InChI=1S/C24H18O2/c1-20-12-14-22(15-13-20)24(25,17-16-21-8-4-2-5-9-21)18-19-26-23-10-6-3-7-11-23/h2-15,25H,1H3. The van der Waals surface area contributed by atoms with Crippen molar-refractivity contribution in [3.8, 4) is 29.6 Å². The summed E-state index contributed by atoms with van der Waals surface area (Å²) in [5.41, 5.74) is 0.887. The first-order chi connectivity index (χ1) is 12.7. The zero-order valence-corrected chi connectivity index (χ0v) is 14.4. The number of aliphatic hydroxyl groups is 1. The molecule has 126 valence electrons. The van der Waals surface area contributed by atoms with Gasteiger partial charge in [0, 0.05) is 11.1 Å². The maximum Gasteiger partial charge on any atom is 0.217 e. The molecule has 1 unspecified atom stereocenters. The monoisotopic (exact) mass is 338 g/mol. The molecule has 26 heavy (non-hydrogen) atoms. The summed E-state index contributed by atoms with van der Waals surface area (Å²) >= 11 is 0.